The van der Waals surface area contributed by atoms with Crippen molar-refractivity contribution in [2.75, 3.05) is 6.61 Å². The molecule has 2 rings (SSSR count). The molecule has 0 bridgehead atoms. The fourth-order valence-electron chi connectivity index (χ4n) is 2.88. The van der Waals surface area contributed by atoms with Crippen molar-refractivity contribution in [1.29, 1.82) is 0 Å². The molecule has 1 fully saturated rings. The summed E-state index contributed by atoms with van der Waals surface area (Å²) in [6, 6.07) is 10.2. The molecule has 1 aliphatic rings. The zero-order valence-electron chi connectivity index (χ0n) is 12.0. The summed E-state index contributed by atoms with van der Waals surface area (Å²) in [4.78, 5) is 12.0. The first kappa shape index (κ1) is 14.3. The molecule has 0 saturated heterocycles. The van der Waals surface area contributed by atoms with Gasteiger partial charge in [0.05, 0.1) is 13.2 Å². The summed E-state index contributed by atoms with van der Waals surface area (Å²) in [5.41, 5.74) is 1.19. The molecule has 1 aliphatic carbocycles. The topological polar surface area (TPSA) is 26.3 Å². The molecule has 0 radical (unpaired) electrons. The predicted octanol–water partition coefficient (Wildman–Crippen LogP) is 3.84. The number of carbonyl (C=O) groups is 1. The van der Waals surface area contributed by atoms with Gasteiger partial charge in [0.25, 0.3) is 0 Å². The van der Waals surface area contributed by atoms with E-state index in [1.165, 1.54) is 12.0 Å². The second-order valence-electron chi connectivity index (χ2n) is 5.94. The van der Waals surface area contributed by atoms with E-state index in [1.54, 1.807) is 0 Å². The van der Waals surface area contributed by atoms with Gasteiger partial charge in [0.1, 0.15) is 5.78 Å². The van der Waals surface area contributed by atoms with Crippen molar-refractivity contribution in [3.05, 3.63) is 35.9 Å². The van der Waals surface area contributed by atoms with Crippen LogP contribution in [0.5, 0.6) is 0 Å². The molecule has 1 aromatic rings. The zero-order valence-corrected chi connectivity index (χ0v) is 12.0. The van der Waals surface area contributed by atoms with E-state index in [0.717, 1.165) is 12.8 Å². The summed E-state index contributed by atoms with van der Waals surface area (Å²) < 4.78 is 5.76. The van der Waals surface area contributed by atoms with Crippen LogP contribution in [0.3, 0.4) is 0 Å². The third kappa shape index (κ3) is 4.17. The molecule has 2 heteroatoms. The van der Waals surface area contributed by atoms with Gasteiger partial charge >= 0.3 is 0 Å². The number of hydrogen-bond donors (Lipinski definition) is 0. The van der Waals surface area contributed by atoms with Crippen LogP contribution in [0.25, 0.3) is 0 Å². The number of benzene rings is 1. The van der Waals surface area contributed by atoms with E-state index in [-0.39, 0.29) is 5.92 Å². The average molecular weight is 260 g/mol. The monoisotopic (exact) mass is 260 g/mol. The number of rotatable bonds is 5. The van der Waals surface area contributed by atoms with Gasteiger partial charge in [-0.1, -0.05) is 44.2 Å². The van der Waals surface area contributed by atoms with Gasteiger partial charge in [-0.2, -0.15) is 0 Å². The van der Waals surface area contributed by atoms with Crippen molar-refractivity contribution in [1.82, 2.24) is 0 Å². The van der Waals surface area contributed by atoms with Crippen LogP contribution in [-0.4, -0.2) is 12.4 Å². The van der Waals surface area contributed by atoms with Crippen molar-refractivity contribution in [3.8, 4) is 0 Å². The van der Waals surface area contributed by atoms with Gasteiger partial charge in [-0.25, -0.2) is 0 Å². The standard InChI is InChI=1S/C17H24O2/c1-13-8-9-16(17(18)10-13)14(2)11-19-12-15-6-4-3-5-7-15/h3-7,13-14,16H,8-12H2,1-2H3/t13-,14?,16+/m1/s1. The number of carbonyl (C=O) groups excluding carboxylic acids is 1. The third-order valence-electron chi connectivity index (χ3n) is 4.11. The average Bonchev–Trinajstić information content (AvgIpc) is 2.39. The molecule has 3 atom stereocenters. The molecule has 1 saturated carbocycles. The molecule has 2 nitrogen and oxygen atoms in total. The minimum atomic E-state index is 0.215. The molecule has 1 aromatic carbocycles. The molecule has 0 aromatic heterocycles. The Hall–Kier alpha value is -1.15. The number of Topliss-reactive ketones (excluding diaryl/α,β-unsaturated/α-hetero) is 1. The lowest BCUT2D eigenvalue weighted by molar-refractivity contribution is -0.128. The molecule has 0 spiro atoms. The quantitative estimate of drug-likeness (QED) is 0.804. The molecule has 0 aliphatic heterocycles. The van der Waals surface area contributed by atoms with E-state index in [1.807, 2.05) is 18.2 Å². The zero-order chi connectivity index (χ0) is 13.7. The van der Waals surface area contributed by atoms with Crippen LogP contribution in [0.15, 0.2) is 30.3 Å². The Morgan fingerprint density at radius 2 is 2.00 bits per heavy atom. The predicted molar refractivity (Wildman–Crippen MR) is 76.8 cm³/mol. The van der Waals surface area contributed by atoms with Gasteiger partial charge in [0.15, 0.2) is 0 Å². The van der Waals surface area contributed by atoms with E-state index < -0.39 is 0 Å². The second-order valence-corrected chi connectivity index (χ2v) is 5.94. The summed E-state index contributed by atoms with van der Waals surface area (Å²) in [6.07, 6.45) is 2.98. The van der Waals surface area contributed by atoms with Gasteiger partial charge in [0, 0.05) is 12.3 Å². The van der Waals surface area contributed by atoms with Gasteiger partial charge in [-0.3, -0.25) is 4.79 Å². The Labute approximate surface area is 116 Å². The smallest absolute Gasteiger partial charge is 0.136 e. The minimum absolute atomic E-state index is 0.215. The Bertz CT molecular complexity index is 399. The lowest BCUT2D eigenvalue weighted by Gasteiger charge is -2.29. The fourth-order valence-corrected chi connectivity index (χ4v) is 2.88. The van der Waals surface area contributed by atoms with Crippen LogP contribution in [-0.2, 0) is 16.1 Å². The van der Waals surface area contributed by atoms with Crippen LogP contribution in [0, 0.1) is 17.8 Å². The Kier molecular flexibility index (Phi) is 5.15. The van der Waals surface area contributed by atoms with Crippen molar-refractivity contribution in [3.63, 3.8) is 0 Å². The summed E-state index contributed by atoms with van der Waals surface area (Å²) >= 11 is 0. The highest BCUT2D eigenvalue weighted by Gasteiger charge is 2.30. The Balaban J connectivity index is 1.75. The SMILES string of the molecule is CC(COCc1ccccc1)[C@@H]1CC[C@@H](C)CC1=O. The molecule has 0 N–H and O–H groups in total. The van der Waals surface area contributed by atoms with Crippen LogP contribution in [0.4, 0.5) is 0 Å². The van der Waals surface area contributed by atoms with E-state index in [0.29, 0.717) is 30.8 Å². The lowest BCUT2D eigenvalue weighted by Crippen LogP contribution is -2.30. The van der Waals surface area contributed by atoms with Crippen LogP contribution >= 0.6 is 0 Å². The molecule has 1 unspecified atom stereocenters. The van der Waals surface area contributed by atoms with Crippen LogP contribution in [0.1, 0.15) is 38.7 Å². The van der Waals surface area contributed by atoms with Crippen molar-refractivity contribution in [2.45, 2.75) is 39.7 Å². The normalized spacial score (nSPS) is 25.3. The van der Waals surface area contributed by atoms with Gasteiger partial charge in [-0.15, -0.1) is 0 Å². The van der Waals surface area contributed by atoms with Crippen LogP contribution in [0.2, 0.25) is 0 Å². The van der Waals surface area contributed by atoms with E-state index in [2.05, 4.69) is 26.0 Å². The fraction of sp³-hybridized carbons (Fsp3) is 0.588. The van der Waals surface area contributed by atoms with Crippen molar-refractivity contribution in [2.24, 2.45) is 17.8 Å². The summed E-state index contributed by atoms with van der Waals surface area (Å²) in [6.45, 7) is 5.64. The molecule has 0 heterocycles. The minimum Gasteiger partial charge on any atom is -0.376 e. The number of ketones is 1. The second kappa shape index (κ2) is 6.85. The summed E-state index contributed by atoms with van der Waals surface area (Å²) in [7, 11) is 0. The number of hydrogen-bond acceptors (Lipinski definition) is 2. The van der Waals surface area contributed by atoms with Crippen molar-refractivity contribution < 1.29 is 9.53 Å². The highest BCUT2D eigenvalue weighted by atomic mass is 16.5. The molecule has 19 heavy (non-hydrogen) atoms. The first-order valence-electron chi connectivity index (χ1n) is 7.31. The number of ether oxygens (including phenoxy) is 1. The summed E-state index contributed by atoms with van der Waals surface area (Å²) in [5.74, 6) is 1.56. The first-order chi connectivity index (χ1) is 9.16. The van der Waals surface area contributed by atoms with Gasteiger partial charge in [-0.05, 0) is 30.2 Å². The highest BCUT2D eigenvalue weighted by Crippen LogP contribution is 2.30. The lowest BCUT2D eigenvalue weighted by atomic mass is 9.76. The molecular formula is C17H24O2. The molecule has 104 valence electrons. The van der Waals surface area contributed by atoms with Gasteiger partial charge in [0.2, 0.25) is 0 Å². The highest BCUT2D eigenvalue weighted by molar-refractivity contribution is 5.82. The van der Waals surface area contributed by atoms with Crippen LogP contribution < -0.4 is 0 Å². The van der Waals surface area contributed by atoms with E-state index in [4.69, 9.17) is 4.74 Å². The Morgan fingerprint density at radius 3 is 2.68 bits per heavy atom. The summed E-state index contributed by atoms with van der Waals surface area (Å²) in [5, 5.41) is 0. The molecular weight excluding hydrogens is 236 g/mol. The van der Waals surface area contributed by atoms with E-state index in [9.17, 15) is 4.79 Å². The maximum absolute atomic E-state index is 12.0. The maximum atomic E-state index is 12.0. The van der Waals surface area contributed by atoms with E-state index >= 15 is 0 Å². The van der Waals surface area contributed by atoms with Gasteiger partial charge < -0.3 is 4.74 Å². The maximum Gasteiger partial charge on any atom is 0.136 e. The first-order valence-corrected chi connectivity index (χ1v) is 7.31. The van der Waals surface area contributed by atoms with Crippen molar-refractivity contribution >= 4 is 5.78 Å². The molecule has 0 amide bonds. The third-order valence-corrected chi connectivity index (χ3v) is 4.11. The largest absolute Gasteiger partial charge is 0.376 e. The Morgan fingerprint density at radius 1 is 1.26 bits per heavy atom.